The first-order valence-corrected chi connectivity index (χ1v) is 10.5. The van der Waals surface area contributed by atoms with Crippen LogP contribution in [-0.2, 0) is 11.3 Å². The van der Waals surface area contributed by atoms with E-state index in [1.807, 2.05) is 35.2 Å². The fourth-order valence-corrected chi connectivity index (χ4v) is 3.47. The van der Waals surface area contributed by atoms with E-state index in [9.17, 15) is 4.79 Å². The van der Waals surface area contributed by atoms with Crippen molar-refractivity contribution < 1.29 is 9.53 Å². The van der Waals surface area contributed by atoms with Gasteiger partial charge in [0.2, 0.25) is 0 Å². The van der Waals surface area contributed by atoms with Crippen LogP contribution >= 0.6 is 0 Å². The molecule has 1 fully saturated rings. The standard InChI is InChI=1S/C22H36N2O2/c1-2-3-4-5-6-10-15-23-18-20-13-16-24(17-14-20)22(25)26-19-21-11-8-7-9-12-21/h7-9,11-12,20,23H,2-6,10,13-19H2,1H3. The third-order valence-electron chi connectivity index (χ3n) is 5.22. The molecule has 0 aliphatic carbocycles. The molecule has 2 rings (SSSR count). The third-order valence-corrected chi connectivity index (χ3v) is 5.22. The van der Waals surface area contributed by atoms with Gasteiger partial charge in [-0.05, 0) is 43.8 Å². The molecule has 1 aromatic rings. The van der Waals surface area contributed by atoms with Gasteiger partial charge in [-0.1, -0.05) is 69.4 Å². The number of likely N-dealkylation sites (tertiary alicyclic amines) is 1. The minimum absolute atomic E-state index is 0.174. The molecule has 0 atom stereocenters. The number of hydrogen-bond acceptors (Lipinski definition) is 3. The zero-order chi connectivity index (χ0) is 18.5. The Kier molecular flexibility index (Phi) is 10.2. The number of amides is 1. The number of nitrogens with zero attached hydrogens (tertiary/aromatic N) is 1. The highest BCUT2D eigenvalue weighted by Gasteiger charge is 2.23. The van der Waals surface area contributed by atoms with Crippen LogP contribution in [0.2, 0.25) is 0 Å². The van der Waals surface area contributed by atoms with E-state index in [2.05, 4.69) is 12.2 Å². The maximum absolute atomic E-state index is 12.2. The predicted octanol–water partition coefficient (Wildman–Crippen LogP) is 4.99. The summed E-state index contributed by atoms with van der Waals surface area (Å²) in [5, 5.41) is 3.60. The fraction of sp³-hybridized carbons (Fsp3) is 0.682. The Morgan fingerprint density at radius 3 is 2.50 bits per heavy atom. The van der Waals surface area contributed by atoms with E-state index >= 15 is 0 Å². The van der Waals surface area contributed by atoms with E-state index in [-0.39, 0.29) is 6.09 Å². The van der Waals surface area contributed by atoms with Crippen LogP contribution in [0.1, 0.15) is 63.9 Å². The molecule has 1 aliphatic heterocycles. The smallest absolute Gasteiger partial charge is 0.410 e. The summed E-state index contributed by atoms with van der Waals surface area (Å²) in [4.78, 5) is 14.0. The van der Waals surface area contributed by atoms with Gasteiger partial charge in [0, 0.05) is 13.1 Å². The minimum atomic E-state index is -0.174. The number of hydrogen-bond donors (Lipinski definition) is 1. The largest absolute Gasteiger partial charge is 0.445 e. The number of nitrogens with one attached hydrogen (secondary N) is 1. The summed E-state index contributed by atoms with van der Waals surface area (Å²) < 4.78 is 5.43. The molecule has 1 N–H and O–H groups in total. The molecule has 0 aromatic heterocycles. The van der Waals surface area contributed by atoms with Crippen LogP contribution in [0.4, 0.5) is 4.79 Å². The van der Waals surface area contributed by atoms with Gasteiger partial charge in [-0.25, -0.2) is 4.79 Å². The van der Waals surface area contributed by atoms with Crippen molar-refractivity contribution >= 4 is 6.09 Å². The van der Waals surface area contributed by atoms with Crippen LogP contribution < -0.4 is 5.32 Å². The molecule has 0 bridgehead atoms. The van der Waals surface area contributed by atoms with Gasteiger partial charge < -0.3 is 15.0 Å². The summed E-state index contributed by atoms with van der Waals surface area (Å²) in [5.74, 6) is 0.688. The van der Waals surface area contributed by atoms with Crippen LogP contribution in [0, 0.1) is 5.92 Å². The summed E-state index contributed by atoms with van der Waals surface area (Å²) in [6, 6.07) is 9.86. The normalized spacial score (nSPS) is 15.2. The molecule has 26 heavy (non-hydrogen) atoms. The third kappa shape index (κ3) is 8.22. The Hall–Kier alpha value is -1.55. The maximum Gasteiger partial charge on any atom is 0.410 e. The van der Waals surface area contributed by atoms with Gasteiger partial charge >= 0.3 is 6.09 Å². The van der Waals surface area contributed by atoms with E-state index in [4.69, 9.17) is 4.74 Å². The number of ether oxygens (including phenoxy) is 1. The second kappa shape index (κ2) is 12.7. The van der Waals surface area contributed by atoms with Crippen LogP contribution in [0.15, 0.2) is 30.3 Å². The van der Waals surface area contributed by atoms with Gasteiger partial charge in [-0.15, -0.1) is 0 Å². The molecular formula is C22H36N2O2. The number of unbranched alkanes of at least 4 members (excludes halogenated alkanes) is 5. The van der Waals surface area contributed by atoms with Crippen molar-refractivity contribution in [3.63, 3.8) is 0 Å². The molecule has 0 unspecified atom stereocenters. The Morgan fingerprint density at radius 1 is 1.08 bits per heavy atom. The van der Waals surface area contributed by atoms with Crippen molar-refractivity contribution in [2.24, 2.45) is 5.92 Å². The Labute approximate surface area is 159 Å². The Bertz CT molecular complexity index is 484. The average molecular weight is 361 g/mol. The molecule has 146 valence electrons. The molecule has 0 saturated carbocycles. The highest BCUT2D eigenvalue weighted by Crippen LogP contribution is 2.17. The monoisotopic (exact) mass is 360 g/mol. The second-order valence-corrected chi connectivity index (χ2v) is 7.44. The van der Waals surface area contributed by atoms with Gasteiger partial charge in [0.1, 0.15) is 6.61 Å². The van der Waals surface area contributed by atoms with E-state index in [1.54, 1.807) is 0 Å². The molecule has 0 spiro atoms. The molecule has 1 heterocycles. The van der Waals surface area contributed by atoms with Crippen molar-refractivity contribution in [2.75, 3.05) is 26.2 Å². The molecule has 4 nitrogen and oxygen atoms in total. The highest BCUT2D eigenvalue weighted by molar-refractivity contribution is 5.67. The lowest BCUT2D eigenvalue weighted by Crippen LogP contribution is -2.41. The highest BCUT2D eigenvalue weighted by atomic mass is 16.6. The number of carbonyl (C=O) groups is 1. The quantitative estimate of drug-likeness (QED) is 0.566. The number of benzene rings is 1. The number of rotatable bonds is 11. The van der Waals surface area contributed by atoms with E-state index in [0.29, 0.717) is 12.5 Å². The zero-order valence-corrected chi connectivity index (χ0v) is 16.4. The molecule has 4 heteroatoms. The van der Waals surface area contributed by atoms with Crippen molar-refractivity contribution in [1.29, 1.82) is 0 Å². The van der Waals surface area contributed by atoms with Gasteiger partial charge in [0.05, 0.1) is 0 Å². The zero-order valence-electron chi connectivity index (χ0n) is 16.4. The first-order chi connectivity index (χ1) is 12.8. The fourth-order valence-electron chi connectivity index (χ4n) is 3.47. The first kappa shape index (κ1) is 20.8. The average Bonchev–Trinajstić information content (AvgIpc) is 2.69. The van der Waals surface area contributed by atoms with Crippen LogP contribution in [0.25, 0.3) is 0 Å². The van der Waals surface area contributed by atoms with Gasteiger partial charge in [0.25, 0.3) is 0 Å². The predicted molar refractivity (Wildman–Crippen MR) is 107 cm³/mol. The van der Waals surface area contributed by atoms with Gasteiger partial charge in [-0.2, -0.15) is 0 Å². The van der Waals surface area contributed by atoms with E-state index < -0.39 is 0 Å². The number of piperidine rings is 1. The van der Waals surface area contributed by atoms with Crippen LogP contribution in [-0.4, -0.2) is 37.2 Å². The van der Waals surface area contributed by atoms with Crippen molar-refractivity contribution in [3.8, 4) is 0 Å². The lowest BCUT2D eigenvalue weighted by Gasteiger charge is -2.31. The van der Waals surface area contributed by atoms with Crippen molar-refractivity contribution in [3.05, 3.63) is 35.9 Å². The molecule has 0 radical (unpaired) electrons. The maximum atomic E-state index is 12.2. The topological polar surface area (TPSA) is 41.6 Å². The molecule has 1 amide bonds. The number of carbonyl (C=O) groups excluding carboxylic acids is 1. The lowest BCUT2D eigenvalue weighted by atomic mass is 9.97. The lowest BCUT2D eigenvalue weighted by molar-refractivity contribution is 0.0822. The summed E-state index contributed by atoms with van der Waals surface area (Å²) >= 11 is 0. The summed E-state index contributed by atoms with van der Waals surface area (Å²) in [6.45, 7) is 6.47. The van der Waals surface area contributed by atoms with E-state index in [1.165, 1.54) is 38.5 Å². The van der Waals surface area contributed by atoms with Crippen molar-refractivity contribution in [2.45, 2.75) is 64.9 Å². The van der Waals surface area contributed by atoms with Crippen molar-refractivity contribution in [1.82, 2.24) is 10.2 Å². The Morgan fingerprint density at radius 2 is 1.77 bits per heavy atom. The van der Waals surface area contributed by atoms with Crippen LogP contribution in [0.3, 0.4) is 0 Å². The summed E-state index contributed by atoms with van der Waals surface area (Å²) in [7, 11) is 0. The SMILES string of the molecule is CCCCCCCCNCC1CCN(C(=O)OCc2ccccc2)CC1. The first-order valence-electron chi connectivity index (χ1n) is 10.5. The molecule has 1 saturated heterocycles. The van der Waals surface area contributed by atoms with Crippen LogP contribution in [0.5, 0.6) is 0 Å². The minimum Gasteiger partial charge on any atom is -0.445 e. The molecular weight excluding hydrogens is 324 g/mol. The summed E-state index contributed by atoms with van der Waals surface area (Å²) in [6.07, 6.45) is 10.1. The van der Waals surface area contributed by atoms with E-state index in [0.717, 1.165) is 44.6 Å². The van der Waals surface area contributed by atoms with Gasteiger partial charge in [0.15, 0.2) is 0 Å². The summed E-state index contributed by atoms with van der Waals surface area (Å²) in [5.41, 5.74) is 1.04. The molecule has 1 aliphatic rings. The van der Waals surface area contributed by atoms with Gasteiger partial charge in [-0.3, -0.25) is 0 Å². The Balaban J connectivity index is 1.50. The second-order valence-electron chi connectivity index (χ2n) is 7.44. The molecule has 1 aromatic carbocycles.